The predicted octanol–water partition coefficient (Wildman–Crippen LogP) is 2.76. The van der Waals surface area contributed by atoms with Gasteiger partial charge in [-0.2, -0.15) is 0 Å². The Balaban J connectivity index is 1.29. The number of nitrogens with one attached hydrogen (secondary N) is 3. The fourth-order valence-corrected chi connectivity index (χ4v) is 7.36. The maximum absolute atomic E-state index is 13.1. The van der Waals surface area contributed by atoms with Gasteiger partial charge in [0.1, 0.15) is 0 Å². The average molecular weight is 437 g/mol. The summed E-state index contributed by atoms with van der Waals surface area (Å²) in [7, 11) is 0. The lowest BCUT2D eigenvalue weighted by atomic mass is 9.50. The highest BCUT2D eigenvalue weighted by Gasteiger charge is 2.60. The molecule has 170 valence electrons. The number of pyridine rings is 1. The Bertz CT molecular complexity index is 977. The lowest BCUT2D eigenvalue weighted by Gasteiger charge is -2.58. The maximum Gasteiger partial charge on any atom is 0.269 e. The third kappa shape index (κ3) is 3.24. The molecule has 1 aromatic heterocycles. The minimum atomic E-state index is -0.334. The Morgan fingerprint density at radius 3 is 2.62 bits per heavy atom. The Morgan fingerprint density at radius 2 is 1.84 bits per heavy atom. The number of carbonyl (C=O) groups excluding carboxylic acids is 3. The minimum Gasteiger partial charge on any atom is -0.387 e. The lowest BCUT2D eigenvalue weighted by Crippen LogP contribution is -2.57. The summed E-state index contributed by atoms with van der Waals surface area (Å²) >= 11 is 0. The number of ketones is 1. The molecule has 3 aliphatic carbocycles. The molecular formula is C25H32N4O3. The quantitative estimate of drug-likeness (QED) is 0.619. The zero-order chi connectivity index (χ0) is 22.5. The Hall–Kier alpha value is -2.70. The Morgan fingerprint density at radius 1 is 1.06 bits per heavy atom. The van der Waals surface area contributed by atoms with Crippen molar-refractivity contribution in [2.75, 3.05) is 6.54 Å². The molecule has 0 aromatic carbocycles. The molecule has 2 heterocycles. The van der Waals surface area contributed by atoms with Crippen LogP contribution in [0.15, 0.2) is 36.3 Å². The van der Waals surface area contributed by atoms with E-state index in [1.54, 1.807) is 24.5 Å². The molecule has 0 radical (unpaired) electrons. The number of aromatic nitrogens is 1. The van der Waals surface area contributed by atoms with Crippen LogP contribution in [0.5, 0.6) is 0 Å². The van der Waals surface area contributed by atoms with E-state index in [9.17, 15) is 14.4 Å². The summed E-state index contributed by atoms with van der Waals surface area (Å²) in [6.07, 6.45) is 10.5. The molecule has 1 saturated heterocycles. The van der Waals surface area contributed by atoms with Gasteiger partial charge in [0.25, 0.3) is 5.91 Å². The first-order chi connectivity index (χ1) is 15.3. The molecule has 3 fully saturated rings. The van der Waals surface area contributed by atoms with Gasteiger partial charge in [0.15, 0.2) is 5.78 Å². The van der Waals surface area contributed by atoms with Crippen LogP contribution >= 0.6 is 0 Å². The summed E-state index contributed by atoms with van der Waals surface area (Å²) < 4.78 is 0. The number of piperidine rings is 1. The number of rotatable bonds is 2. The van der Waals surface area contributed by atoms with Gasteiger partial charge in [-0.3, -0.25) is 30.2 Å². The monoisotopic (exact) mass is 436 g/mol. The van der Waals surface area contributed by atoms with E-state index in [0.717, 1.165) is 44.3 Å². The zero-order valence-corrected chi connectivity index (χ0v) is 18.8. The van der Waals surface area contributed by atoms with Gasteiger partial charge in [-0.15, -0.1) is 0 Å². The van der Waals surface area contributed by atoms with Crippen LogP contribution in [0.1, 0.15) is 62.7 Å². The smallest absolute Gasteiger partial charge is 0.269 e. The van der Waals surface area contributed by atoms with E-state index in [-0.39, 0.29) is 34.3 Å². The van der Waals surface area contributed by atoms with Crippen LogP contribution in [0.4, 0.5) is 0 Å². The molecule has 1 aliphatic heterocycles. The van der Waals surface area contributed by atoms with Crippen molar-refractivity contribution in [3.05, 3.63) is 41.9 Å². The van der Waals surface area contributed by atoms with Gasteiger partial charge in [-0.25, -0.2) is 0 Å². The summed E-state index contributed by atoms with van der Waals surface area (Å²) in [6.45, 7) is 5.48. The number of nitrogens with zero attached hydrogens (tertiary/aromatic N) is 1. The van der Waals surface area contributed by atoms with E-state index in [2.05, 4.69) is 35.0 Å². The molecule has 4 unspecified atom stereocenters. The number of fused-ring (bicyclic) bond motifs is 5. The van der Waals surface area contributed by atoms with Crippen LogP contribution < -0.4 is 16.2 Å². The third-order valence-electron chi connectivity index (χ3n) is 9.15. The second-order valence-corrected chi connectivity index (χ2v) is 10.6. The van der Waals surface area contributed by atoms with E-state index in [4.69, 9.17) is 0 Å². The van der Waals surface area contributed by atoms with Gasteiger partial charge in [-0.05, 0) is 67.4 Å². The molecule has 0 spiro atoms. The fraction of sp³-hybridized carbons (Fsp3) is 0.600. The summed E-state index contributed by atoms with van der Waals surface area (Å²) in [6, 6.07) is 3.24. The van der Waals surface area contributed by atoms with Gasteiger partial charge < -0.3 is 5.32 Å². The van der Waals surface area contributed by atoms with Crippen molar-refractivity contribution in [2.24, 2.45) is 34.5 Å². The first-order valence-electron chi connectivity index (χ1n) is 11.8. The van der Waals surface area contributed by atoms with Gasteiger partial charge in [-0.1, -0.05) is 13.8 Å². The second kappa shape index (κ2) is 7.71. The molecule has 2 amide bonds. The van der Waals surface area contributed by atoms with Gasteiger partial charge in [0, 0.05) is 54.0 Å². The molecule has 0 bridgehead atoms. The number of carbonyl (C=O) groups is 3. The van der Waals surface area contributed by atoms with Crippen molar-refractivity contribution in [3.63, 3.8) is 0 Å². The molecular weight excluding hydrogens is 404 g/mol. The van der Waals surface area contributed by atoms with E-state index >= 15 is 0 Å². The average Bonchev–Trinajstić information content (AvgIpc) is 3.15. The third-order valence-corrected chi connectivity index (χ3v) is 9.15. The predicted molar refractivity (Wildman–Crippen MR) is 119 cm³/mol. The molecule has 5 rings (SSSR count). The Labute approximate surface area is 188 Å². The largest absolute Gasteiger partial charge is 0.387 e. The molecule has 1 aromatic rings. The first-order valence-corrected chi connectivity index (χ1v) is 11.8. The summed E-state index contributed by atoms with van der Waals surface area (Å²) in [5.74, 6) is 1.23. The molecule has 7 heteroatoms. The highest BCUT2D eigenvalue weighted by molar-refractivity contribution is 5.95. The number of allylic oxidation sites excluding steroid dienone is 2. The summed E-state index contributed by atoms with van der Waals surface area (Å²) in [4.78, 5) is 41.3. The van der Waals surface area contributed by atoms with Crippen molar-refractivity contribution in [1.29, 1.82) is 0 Å². The van der Waals surface area contributed by atoms with Crippen molar-refractivity contribution in [2.45, 2.75) is 52.4 Å². The molecule has 4 aliphatic rings. The SMILES string of the molecule is C[C@]12CCC3C(CNC4=CC(=O)CC[C@@]43C)C1CCC2C(=O)NNC(=O)c1ccncc1. The topological polar surface area (TPSA) is 100 Å². The van der Waals surface area contributed by atoms with Crippen LogP contribution in [0, 0.1) is 34.5 Å². The molecule has 3 N–H and O–H groups in total. The van der Waals surface area contributed by atoms with Gasteiger partial charge >= 0.3 is 0 Å². The Kier molecular flexibility index (Phi) is 5.10. The van der Waals surface area contributed by atoms with Crippen LogP contribution in [0.3, 0.4) is 0 Å². The fourth-order valence-electron chi connectivity index (χ4n) is 7.36. The number of amides is 2. The normalized spacial score (nSPS) is 37.8. The minimum absolute atomic E-state index is 0.0387. The highest BCUT2D eigenvalue weighted by Crippen LogP contribution is 2.64. The van der Waals surface area contributed by atoms with E-state index in [1.165, 1.54) is 0 Å². The van der Waals surface area contributed by atoms with E-state index < -0.39 is 0 Å². The van der Waals surface area contributed by atoms with Crippen LogP contribution in [-0.2, 0) is 9.59 Å². The van der Waals surface area contributed by atoms with E-state index in [0.29, 0.717) is 29.7 Å². The van der Waals surface area contributed by atoms with Crippen LogP contribution in [0.25, 0.3) is 0 Å². The molecule has 32 heavy (non-hydrogen) atoms. The summed E-state index contributed by atoms with van der Waals surface area (Å²) in [5, 5.41) is 3.60. The van der Waals surface area contributed by atoms with Crippen molar-refractivity contribution < 1.29 is 14.4 Å². The van der Waals surface area contributed by atoms with Gasteiger partial charge in [0.05, 0.1) is 0 Å². The van der Waals surface area contributed by atoms with Crippen molar-refractivity contribution in [1.82, 2.24) is 21.2 Å². The first kappa shape index (κ1) is 21.2. The highest BCUT2D eigenvalue weighted by atomic mass is 16.2. The second-order valence-electron chi connectivity index (χ2n) is 10.6. The number of hydrogen-bond acceptors (Lipinski definition) is 5. The zero-order valence-electron chi connectivity index (χ0n) is 18.8. The molecule has 6 atom stereocenters. The summed E-state index contributed by atoms with van der Waals surface area (Å²) in [5.41, 5.74) is 6.82. The standard InChI is InChI=1S/C25H32N4O3/c1-24-10-6-19-17(14-27-21-13-16(30)5-9-25(19,21)2)18(24)3-4-20(24)23(32)29-28-22(31)15-7-11-26-12-8-15/h7-8,11-13,17-20,27H,3-6,9-10,14H2,1-2H3,(H,28,31)(H,29,32)/t17?,18?,19?,20?,24-,25+/m0/s1. The van der Waals surface area contributed by atoms with Crippen LogP contribution in [-0.4, -0.2) is 29.1 Å². The van der Waals surface area contributed by atoms with Gasteiger partial charge in [0.2, 0.25) is 5.91 Å². The van der Waals surface area contributed by atoms with Crippen molar-refractivity contribution >= 4 is 17.6 Å². The molecule has 2 saturated carbocycles. The number of hydrogen-bond donors (Lipinski definition) is 3. The molecule has 7 nitrogen and oxygen atoms in total. The van der Waals surface area contributed by atoms with Crippen molar-refractivity contribution in [3.8, 4) is 0 Å². The lowest BCUT2D eigenvalue weighted by molar-refractivity contribution is -0.133. The van der Waals surface area contributed by atoms with Crippen LogP contribution in [0.2, 0.25) is 0 Å². The number of hydrazine groups is 1. The maximum atomic E-state index is 13.1. The van der Waals surface area contributed by atoms with E-state index in [1.807, 2.05) is 6.08 Å².